The molecule has 0 aliphatic carbocycles. The number of nitrogens with zero attached hydrogens (tertiary/aromatic N) is 1. The van der Waals surface area contributed by atoms with Gasteiger partial charge in [-0.05, 0) is 36.9 Å². The Morgan fingerprint density at radius 2 is 2.12 bits per heavy atom. The van der Waals surface area contributed by atoms with Crippen molar-refractivity contribution in [3.63, 3.8) is 0 Å². The molecule has 0 fully saturated rings. The van der Waals surface area contributed by atoms with Crippen LogP contribution >= 0.6 is 11.3 Å². The van der Waals surface area contributed by atoms with Crippen LogP contribution in [0, 0.1) is 13.8 Å². The average Bonchev–Trinajstić information content (AvgIpc) is 2.60. The van der Waals surface area contributed by atoms with Crippen molar-refractivity contribution >= 4 is 23.0 Å². The normalized spacial score (nSPS) is 10.5. The van der Waals surface area contributed by atoms with Crippen molar-refractivity contribution in [3.05, 3.63) is 34.5 Å². The molecule has 0 radical (unpaired) electrons. The number of aryl methyl sites for hydroxylation is 2. The summed E-state index contributed by atoms with van der Waals surface area (Å²) in [5.41, 5.74) is 8.83. The summed E-state index contributed by atoms with van der Waals surface area (Å²) in [4.78, 5) is 16.0. The summed E-state index contributed by atoms with van der Waals surface area (Å²) in [5.74, 6) is -1.03. The van der Waals surface area contributed by atoms with Crippen molar-refractivity contribution in [2.75, 3.05) is 5.73 Å². The molecule has 17 heavy (non-hydrogen) atoms. The molecule has 88 valence electrons. The fourth-order valence-corrected chi connectivity index (χ4v) is 2.57. The van der Waals surface area contributed by atoms with Crippen LogP contribution in [0.15, 0.2) is 17.5 Å². The molecule has 2 heterocycles. The number of pyridine rings is 1. The van der Waals surface area contributed by atoms with Gasteiger partial charge in [-0.15, -0.1) is 11.3 Å². The maximum absolute atomic E-state index is 11.2. The monoisotopic (exact) mass is 248 g/mol. The third-order valence-electron chi connectivity index (χ3n) is 2.50. The van der Waals surface area contributed by atoms with Gasteiger partial charge >= 0.3 is 5.97 Å². The number of thiophene rings is 1. The summed E-state index contributed by atoms with van der Waals surface area (Å²) >= 11 is 1.44. The maximum atomic E-state index is 11.2. The molecular formula is C12H12N2O2S. The van der Waals surface area contributed by atoms with E-state index in [1.165, 1.54) is 11.3 Å². The number of rotatable bonds is 2. The van der Waals surface area contributed by atoms with Gasteiger partial charge in [0.05, 0.1) is 10.6 Å². The molecule has 2 rings (SSSR count). The molecule has 0 atom stereocenters. The van der Waals surface area contributed by atoms with Gasteiger partial charge in [-0.2, -0.15) is 0 Å². The molecule has 0 unspecified atom stereocenters. The fraction of sp³-hybridized carbons (Fsp3) is 0.167. The van der Waals surface area contributed by atoms with Crippen LogP contribution in [-0.2, 0) is 0 Å². The summed E-state index contributed by atoms with van der Waals surface area (Å²) in [6.07, 6.45) is 0. The Hall–Kier alpha value is -1.88. The molecule has 5 heteroatoms. The molecule has 0 saturated carbocycles. The highest BCUT2D eigenvalue weighted by atomic mass is 32.1. The van der Waals surface area contributed by atoms with Crippen molar-refractivity contribution in [2.24, 2.45) is 0 Å². The second-order valence-corrected chi connectivity index (χ2v) is 4.70. The maximum Gasteiger partial charge on any atom is 0.355 e. The Morgan fingerprint density at radius 3 is 2.65 bits per heavy atom. The number of hydrogen-bond donors (Lipinski definition) is 2. The zero-order chi connectivity index (χ0) is 12.6. The second-order valence-electron chi connectivity index (χ2n) is 3.82. The third-order valence-corrected chi connectivity index (χ3v) is 3.65. The first-order valence-corrected chi connectivity index (χ1v) is 5.93. The summed E-state index contributed by atoms with van der Waals surface area (Å²) in [5, 5.41) is 11.1. The van der Waals surface area contributed by atoms with Crippen LogP contribution in [0.1, 0.15) is 21.7 Å². The van der Waals surface area contributed by atoms with Crippen LogP contribution in [0.2, 0.25) is 0 Å². The quantitative estimate of drug-likeness (QED) is 0.856. The molecule has 2 aromatic rings. The van der Waals surface area contributed by atoms with Gasteiger partial charge in [0.15, 0.2) is 5.69 Å². The fourth-order valence-electron chi connectivity index (χ4n) is 1.56. The Morgan fingerprint density at radius 1 is 1.41 bits per heavy atom. The van der Waals surface area contributed by atoms with E-state index in [0.717, 1.165) is 10.4 Å². The van der Waals surface area contributed by atoms with Crippen LogP contribution in [0.25, 0.3) is 10.4 Å². The van der Waals surface area contributed by atoms with Crippen LogP contribution in [0.5, 0.6) is 0 Å². The first kappa shape index (κ1) is 11.6. The smallest absolute Gasteiger partial charge is 0.355 e. The van der Waals surface area contributed by atoms with E-state index in [1.807, 2.05) is 12.3 Å². The number of nitrogens with two attached hydrogens (primary N) is 1. The standard InChI is InChI=1S/C12H12N2O2S/c1-6-5-17-11(9(6)13)8-4-3-7(2)14-10(8)12(15)16/h3-5H,13H2,1-2H3,(H,15,16). The SMILES string of the molecule is Cc1ccc(-c2scc(C)c2N)c(C(=O)O)n1. The van der Waals surface area contributed by atoms with E-state index >= 15 is 0 Å². The number of anilines is 1. The predicted molar refractivity (Wildman–Crippen MR) is 68.4 cm³/mol. The lowest BCUT2D eigenvalue weighted by Gasteiger charge is -2.05. The molecule has 0 amide bonds. The summed E-state index contributed by atoms with van der Waals surface area (Å²) in [7, 11) is 0. The van der Waals surface area contributed by atoms with Gasteiger partial charge in [0, 0.05) is 11.3 Å². The number of carboxylic acid groups (broad SMARTS) is 1. The van der Waals surface area contributed by atoms with Gasteiger partial charge in [0.25, 0.3) is 0 Å². The molecular weight excluding hydrogens is 236 g/mol. The minimum atomic E-state index is -1.03. The number of nitrogen functional groups attached to an aromatic ring is 1. The van der Waals surface area contributed by atoms with Crippen LogP contribution in [-0.4, -0.2) is 16.1 Å². The van der Waals surface area contributed by atoms with E-state index in [1.54, 1.807) is 19.1 Å². The zero-order valence-corrected chi connectivity index (χ0v) is 10.3. The number of hydrogen-bond acceptors (Lipinski definition) is 4. The third kappa shape index (κ3) is 2.01. The van der Waals surface area contributed by atoms with Crippen molar-refractivity contribution < 1.29 is 9.90 Å². The lowest BCUT2D eigenvalue weighted by molar-refractivity contribution is 0.0691. The largest absolute Gasteiger partial charge is 0.476 e. The van der Waals surface area contributed by atoms with E-state index in [-0.39, 0.29) is 5.69 Å². The van der Waals surface area contributed by atoms with Crippen molar-refractivity contribution in [2.45, 2.75) is 13.8 Å². The molecule has 3 N–H and O–H groups in total. The zero-order valence-electron chi connectivity index (χ0n) is 9.52. The number of carbonyl (C=O) groups is 1. The lowest BCUT2D eigenvalue weighted by Crippen LogP contribution is -2.04. The minimum Gasteiger partial charge on any atom is -0.476 e. The summed E-state index contributed by atoms with van der Waals surface area (Å²) in [6.45, 7) is 3.66. The molecule has 0 saturated heterocycles. The highest BCUT2D eigenvalue weighted by molar-refractivity contribution is 7.14. The van der Waals surface area contributed by atoms with Crippen molar-refractivity contribution in [1.82, 2.24) is 4.98 Å². The number of carboxylic acids is 1. The van der Waals surface area contributed by atoms with Gasteiger partial charge in [-0.25, -0.2) is 9.78 Å². The Kier molecular flexibility index (Phi) is 2.85. The van der Waals surface area contributed by atoms with Gasteiger partial charge in [-0.3, -0.25) is 0 Å². The van der Waals surface area contributed by atoms with E-state index in [0.29, 0.717) is 16.9 Å². The van der Waals surface area contributed by atoms with Crippen LogP contribution in [0.3, 0.4) is 0 Å². The highest BCUT2D eigenvalue weighted by Crippen LogP contribution is 2.36. The molecule has 0 spiro atoms. The van der Waals surface area contributed by atoms with E-state index in [4.69, 9.17) is 10.8 Å². The average molecular weight is 248 g/mol. The number of aromatic nitrogens is 1. The van der Waals surface area contributed by atoms with Gasteiger partial charge in [0.2, 0.25) is 0 Å². The van der Waals surface area contributed by atoms with Crippen LogP contribution < -0.4 is 5.73 Å². The lowest BCUT2D eigenvalue weighted by atomic mass is 10.1. The van der Waals surface area contributed by atoms with Gasteiger partial charge in [-0.1, -0.05) is 0 Å². The predicted octanol–water partition coefficient (Wildman–Crippen LogP) is 2.71. The first-order valence-electron chi connectivity index (χ1n) is 5.05. The van der Waals surface area contributed by atoms with Gasteiger partial charge in [0.1, 0.15) is 0 Å². The highest BCUT2D eigenvalue weighted by Gasteiger charge is 2.17. The molecule has 0 bridgehead atoms. The minimum absolute atomic E-state index is 0.0542. The molecule has 2 aromatic heterocycles. The topological polar surface area (TPSA) is 76.2 Å². The second kappa shape index (κ2) is 4.18. The van der Waals surface area contributed by atoms with Crippen LogP contribution in [0.4, 0.5) is 5.69 Å². The molecule has 4 nitrogen and oxygen atoms in total. The van der Waals surface area contributed by atoms with Crippen molar-refractivity contribution in [1.29, 1.82) is 0 Å². The first-order chi connectivity index (χ1) is 8.00. The summed E-state index contributed by atoms with van der Waals surface area (Å²) in [6, 6.07) is 3.55. The molecule has 0 aliphatic heterocycles. The number of aromatic carboxylic acids is 1. The van der Waals surface area contributed by atoms with E-state index in [2.05, 4.69) is 4.98 Å². The van der Waals surface area contributed by atoms with E-state index < -0.39 is 5.97 Å². The Labute approximate surface area is 103 Å². The Balaban J connectivity index is 2.67. The molecule has 0 aromatic carbocycles. The Bertz CT molecular complexity index is 590. The molecule has 0 aliphatic rings. The summed E-state index contributed by atoms with van der Waals surface area (Å²) < 4.78 is 0. The van der Waals surface area contributed by atoms with Crippen molar-refractivity contribution in [3.8, 4) is 10.4 Å². The van der Waals surface area contributed by atoms with E-state index in [9.17, 15) is 4.79 Å². The van der Waals surface area contributed by atoms with Gasteiger partial charge < -0.3 is 10.8 Å².